The summed E-state index contributed by atoms with van der Waals surface area (Å²) in [5.74, 6) is 0.287. The Kier molecular flexibility index (Phi) is 4.85. The second-order valence-electron chi connectivity index (χ2n) is 5.43. The van der Waals surface area contributed by atoms with E-state index in [-0.39, 0.29) is 17.9 Å². The molecular formula is C19H15N3O4. The van der Waals surface area contributed by atoms with Crippen molar-refractivity contribution in [1.29, 1.82) is 5.26 Å². The van der Waals surface area contributed by atoms with E-state index in [1.54, 1.807) is 6.07 Å². The number of hydrogen-bond donors (Lipinski definition) is 2. The molecular weight excluding hydrogens is 334 g/mol. The van der Waals surface area contributed by atoms with Crippen molar-refractivity contribution < 1.29 is 14.3 Å². The molecule has 2 aromatic carbocycles. The van der Waals surface area contributed by atoms with Gasteiger partial charge in [0, 0.05) is 6.20 Å². The van der Waals surface area contributed by atoms with Crippen LogP contribution in [0.5, 0.6) is 5.75 Å². The van der Waals surface area contributed by atoms with E-state index in [1.807, 2.05) is 36.4 Å². The van der Waals surface area contributed by atoms with Gasteiger partial charge in [0.25, 0.3) is 0 Å². The Balaban J connectivity index is 1.84. The van der Waals surface area contributed by atoms with Crippen LogP contribution in [0.1, 0.15) is 11.1 Å². The number of pyridine rings is 1. The number of aromatic amines is 1. The largest absolute Gasteiger partial charge is 0.495 e. The number of amides is 1. The average Bonchev–Trinajstić information content (AvgIpc) is 2.67. The minimum Gasteiger partial charge on any atom is -0.495 e. The van der Waals surface area contributed by atoms with Gasteiger partial charge in [0.2, 0.25) is 5.43 Å². The number of rotatable bonds is 4. The van der Waals surface area contributed by atoms with Crippen molar-refractivity contribution in [2.24, 2.45) is 0 Å². The molecule has 0 aliphatic heterocycles. The molecule has 0 aliphatic rings. The van der Waals surface area contributed by atoms with E-state index in [1.165, 1.54) is 19.4 Å². The molecule has 0 atom stereocenters. The van der Waals surface area contributed by atoms with Crippen LogP contribution in [0.25, 0.3) is 10.9 Å². The molecule has 130 valence electrons. The highest BCUT2D eigenvalue weighted by Crippen LogP contribution is 2.28. The molecule has 1 amide bonds. The van der Waals surface area contributed by atoms with Crippen molar-refractivity contribution >= 4 is 22.7 Å². The normalized spacial score (nSPS) is 10.2. The van der Waals surface area contributed by atoms with Crippen LogP contribution in [0.3, 0.4) is 0 Å². The first kappa shape index (κ1) is 17.0. The maximum Gasteiger partial charge on any atom is 0.412 e. The molecule has 3 rings (SSSR count). The zero-order chi connectivity index (χ0) is 18.5. The standard InChI is InChI=1S/C19H15N3O4/c1-25-17-7-14-15(21-10-13(9-20)18(14)23)8-16(17)22-19(24)26-11-12-5-3-2-4-6-12/h2-8,10H,11H2,1H3,(H,21,23)(H,22,24). The van der Waals surface area contributed by atoms with Crippen LogP contribution in [-0.4, -0.2) is 18.2 Å². The van der Waals surface area contributed by atoms with Gasteiger partial charge in [-0.3, -0.25) is 10.1 Å². The van der Waals surface area contributed by atoms with Gasteiger partial charge < -0.3 is 14.5 Å². The van der Waals surface area contributed by atoms with Crippen LogP contribution < -0.4 is 15.5 Å². The minimum absolute atomic E-state index is 0.00235. The fraction of sp³-hybridized carbons (Fsp3) is 0.105. The summed E-state index contributed by atoms with van der Waals surface area (Å²) in [5, 5.41) is 11.9. The molecule has 7 heteroatoms. The number of carbonyl (C=O) groups excluding carboxylic acids is 1. The lowest BCUT2D eigenvalue weighted by Crippen LogP contribution is -2.15. The number of ether oxygens (including phenoxy) is 2. The van der Waals surface area contributed by atoms with Gasteiger partial charge in [0.1, 0.15) is 24.0 Å². The maximum absolute atomic E-state index is 12.2. The van der Waals surface area contributed by atoms with E-state index in [0.29, 0.717) is 16.6 Å². The van der Waals surface area contributed by atoms with Crippen molar-refractivity contribution in [3.63, 3.8) is 0 Å². The Morgan fingerprint density at radius 2 is 2.04 bits per heavy atom. The predicted octanol–water partition coefficient (Wildman–Crippen LogP) is 3.16. The molecule has 1 heterocycles. The molecule has 2 N–H and O–H groups in total. The number of nitrogens with one attached hydrogen (secondary N) is 2. The molecule has 3 aromatic rings. The second-order valence-corrected chi connectivity index (χ2v) is 5.43. The number of nitriles is 1. The Labute approximate surface area is 148 Å². The van der Waals surface area contributed by atoms with E-state index in [9.17, 15) is 9.59 Å². The van der Waals surface area contributed by atoms with Crippen molar-refractivity contribution in [1.82, 2.24) is 4.98 Å². The summed E-state index contributed by atoms with van der Waals surface area (Å²) < 4.78 is 10.4. The molecule has 1 aromatic heterocycles. The zero-order valence-corrected chi connectivity index (χ0v) is 13.9. The van der Waals surface area contributed by atoms with Crippen LogP contribution >= 0.6 is 0 Å². The van der Waals surface area contributed by atoms with E-state index < -0.39 is 11.5 Å². The van der Waals surface area contributed by atoms with Crippen LogP contribution in [0.2, 0.25) is 0 Å². The van der Waals surface area contributed by atoms with Gasteiger partial charge in [-0.2, -0.15) is 5.26 Å². The van der Waals surface area contributed by atoms with Gasteiger partial charge in [-0.05, 0) is 17.7 Å². The van der Waals surface area contributed by atoms with E-state index in [4.69, 9.17) is 14.7 Å². The first-order chi connectivity index (χ1) is 12.6. The lowest BCUT2D eigenvalue weighted by Gasteiger charge is -2.12. The Morgan fingerprint density at radius 3 is 2.73 bits per heavy atom. The lowest BCUT2D eigenvalue weighted by atomic mass is 10.1. The molecule has 0 spiro atoms. The second kappa shape index (κ2) is 7.40. The van der Waals surface area contributed by atoms with E-state index >= 15 is 0 Å². The maximum atomic E-state index is 12.2. The number of fused-ring (bicyclic) bond motifs is 1. The number of aromatic nitrogens is 1. The SMILES string of the molecule is COc1cc2c(=O)c(C#N)c[nH]c2cc1NC(=O)OCc1ccccc1. The topological polar surface area (TPSA) is 104 Å². The van der Waals surface area contributed by atoms with Gasteiger partial charge in [0.15, 0.2) is 0 Å². The first-order valence-corrected chi connectivity index (χ1v) is 7.73. The van der Waals surface area contributed by atoms with Gasteiger partial charge in [-0.1, -0.05) is 30.3 Å². The number of nitrogens with zero attached hydrogens (tertiary/aromatic N) is 1. The highest BCUT2D eigenvalue weighted by molar-refractivity contribution is 5.93. The highest BCUT2D eigenvalue weighted by Gasteiger charge is 2.13. The molecule has 0 unspecified atom stereocenters. The van der Waals surface area contributed by atoms with Crippen molar-refractivity contribution in [3.05, 3.63) is 70.0 Å². The summed E-state index contributed by atoms with van der Waals surface area (Å²) in [6.07, 6.45) is 0.678. The smallest absolute Gasteiger partial charge is 0.412 e. The third-order valence-electron chi connectivity index (χ3n) is 3.77. The van der Waals surface area contributed by atoms with Crippen LogP contribution in [0.4, 0.5) is 10.5 Å². The number of H-pyrrole nitrogens is 1. The molecule has 0 radical (unpaired) electrons. The van der Waals surface area contributed by atoms with Crippen molar-refractivity contribution in [2.75, 3.05) is 12.4 Å². The van der Waals surface area contributed by atoms with Crippen LogP contribution in [0, 0.1) is 11.3 Å². The molecule has 0 fully saturated rings. The van der Waals surface area contributed by atoms with Gasteiger partial charge in [-0.15, -0.1) is 0 Å². The molecule has 0 saturated carbocycles. The van der Waals surface area contributed by atoms with Crippen LogP contribution in [-0.2, 0) is 11.3 Å². The number of methoxy groups -OCH3 is 1. The molecule has 0 saturated heterocycles. The monoisotopic (exact) mass is 349 g/mol. The average molecular weight is 349 g/mol. The van der Waals surface area contributed by atoms with Crippen molar-refractivity contribution in [2.45, 2.75) is 6.61 Å². The fourth-order valence-corrected chi connectivity index (χ4v) is 2.47. The minimum atomic E-state index is -0.650. The molecule has 0 bridgehead atoms. The summed E-state index contributed by atoms with van der Waals surface area (Å²) in [6, 6.07) is 14.1. The summed E-state index contributed by atoms with van der Waals surface area (Å²) in [5.41, 5.74) is 1.27. The summed E-state index contributed by atoms with van der Waals surface area (Å²) in [4.78, 5) is 27.1. The Hall–Kier alpha value is -3.79. The summed E-state index contributed by atoms with van der Waals surface area (Å²) in [6.45, 7) is 0.130. The lowest BCUT2D eigenvalue weighted by molar-refractivity contribution is 0.155. The number of hydrogen-bond acceptors (Lipinski definition) is 5. The molecule has 7 nitrogen and oxygen atoms in total. The van der Waals surface area contributed by atoms with Gasteiger partial charge in [-0.25, -0.2) is 4.79 Å². The van der Waals surface area contributed by atoms with Crippen molar-refractivity contribution in [3.8, 4) is 11.8 Å². The fourth-order valence-electron chi connectivity index (χ4n) is 2.47. The summed E-state index contributed by atoms with van der Waals surface area (Å²) >= 11 is 0. The summed E-state index contributed by atoms with van der Waals surface area (Å²) in [7, 11) is 1.42. The number of anilines is 1. The Morgan fingerprint density at radius 1 is 1.27 bits per heavy atom. The molecule has 26 heavy (non-hydrogen) atoms. The van der Waals surface area contributed by atoms with Gasteiger partial charge >= 0.3 is 6.09 Å². The zero-order valence-electron chi connectivity index (χ0n) is 13.9. The quantitative estimate of drug-likeness (QED) is 0.753. The van der Waals surface area contributed by atoms with E-state index in [2.05, 4.69) is 10.3 Å². The first-order valence-electron chi connectivity index (χ1n) is 7.73. The third kappa shape index (κ3) is 3.49. The number of benzene rings is 2. The number of carbonyl (C=O) groups is 1. The predicted molar refractivity (Wildman–Crippen MR) is 96.1 cm³/mol. The third-order valence-corrected chi connectivity index (χ3v) is 3.77. The Bertz CT molecular complexity index is 1050. The van der Waals surface area contributed by atoms with Gasteiger partial charge in [0.05, 0.1) is 23.7 Å². The molecule has 0 aliphatic carbocycles. The van der Waals surface area contributed by atoms with Crippen LogP contribution in [0.15, 0.2) is 53.5 Å². The highest BCUT2D eigenvalue weighted by atomic mass is 16.5. The van der Waals surface area contributed by atoms with E-state index in [0.717, 1.165) is 5.56 Å².